The quantitative estimate of drug-likeness (QED) is 0.855. The standard InChI is InChI=1S/C16H21N3O/c1-12(2)11-20-16-15(19-9-5-6-10-19)17-13-7-3-4-8-14(13)18-16/h3-4,7-8,12H,5-6,9-11H2,1-2H3. The fraction of sp³-hybridized carbons (Fsp3) is 0.500. The van der Waals surface area contributed by atoms with E-state index in [0.717, 1.165) is 29.9 Å². The Morgan fingerprint density at radius 3 is 2.40 bits per heavy atom. The van der Waals surface area contributed by atoms with E-state index in [4.69, 9.17) is 9.72 Å². The molecule has 1 fully saturated rings. The summed E-state index contributed by atoms with van der Waals surface area (Å²) in [6, 6.07) is 7.98. The Morgan fingerprint density at radius 2 is 1.75 bits per heavy atom. The number of nitrogens with zero attached hydrogens (tertiary/aromatic N) is 3. The summed E-state index contributed by atoms with van der Waals surface area (Å²) in [6.45, 7) is 7.05. The minimum Gasteiger partial charge on any atom is -0.475 e. The van der Waals surface area contributed by atoms with Gasteiger partial charge in [0, 0.05) is 13.1 Å². The molecule has 0 amide bonds. The molecule has 0 saturated carbocycles. The fourth-order valence-corrected chi connectivity index (χ4v) is 2.45. The van der Waals surface area contributed by atoms with Crippen molar-refractivity contribution in [2.24, 2.45) is 5.92 Å². The summed E-state index contributed by atoms with van der Waals surface area (Å²) in [4.78, 5) is 11.7. The number of hydrogen-bond acceptors (Lipinski definition) is 4. The third-order valence-electron chi connectivity index (χ3n) is 3.48. The molecule has 4 heteroatoms. The smallest absolute Gasteiger partial charge is 0.258 e. The molecule has 2 aromatic rings. The molecule has 20 heavy (non-hydrogen) atoms. The van der Waals surface area contributed by atoms with Crippen LogP contribution in [-0.2, 0) is 0 Å². The SMILES string of the molecule is CC(C)COc1nc2ccccc2nc1N1CCCC1. The molecule has 0 bridgehead atoms. The number of aromatic nitrogens is 2. The van der Waals surface area contributed by atoms with Crippen LogP contribution in [0.3, 0.4) is 0 Å². The van der Waals surface area contributed by atoms with Crippen molar-refractivity contribution in [3.05, 3.63) is 24.3 Å². The number of benzene rings is 1. The van der Waals surface area contributed by atoms with Crippen molar-refractivity contribution in [3.63, 3.8) is 0 Å². The van der Waals surface area contributed by atoms with E-state index < -0.39 is 0 Å². The van der Waals surface area contributed by atoms with Crippen LogP contribution in [0, 0.1) is 5.92 Å². The van der Waals surface area contributed by atoms with Gasteiger partial charge in [0.25, 0.3) is 5.88 Å². The Hall–Kier alpha value is -1.84. The molecule has 0 atom stereocenters. The first-order valence-corrected chi connectivity index (χ1v) is 7.38. The van der Waals surface area contributed by atoms with Crippen molar-refractivity contribution in [1.82, 2.24) is 9.97 Å². The Morgan fingerprint density at radius 1 is 1.10 bits per heavy atom. The van der Waals surface area contributed by atoms with Crippen molar-refractivity contribution in [2.45, 2.75) is 26.7 Å². The summed E-state index contributed by atoms with van der Waals surface area (Å²) in [5.74, 6) is 2.07. The first-order chi connectivity index (χ1) is 9.74. The fourth-order valence-electron chi connectivity index (χ4n) is 2.45. The number of ether oxygens (including phenoxy) is 1. The Balaban J connectivity index is 2.00. The lowest BCUT2D eigenvalue weighted by Crippen LogP contribution is -2.21. The summed E-state index contributed by atoms with van der Waals surface area (Å²) in [7, 11) is 0. The molecular weight excluding hydrogens is 250 g/mol. The molecule has 1 aromatic heterocycles. The third kappa shape index (κ3) is 2.69. The molecule has 1 aromatic carbocycles. The summed E-state index contributed by atoms with van der Waals surface area (Å²) in [5.41, 5.74) is 1.83. The van der Waals surface area contributed by atoms with Gasteiger partial charge in [-0.15, -0.1) is 0 Å². The molecule has 1 aliphatic rings. The lowest BCUT2D eigenvalue weighted by atomic mass is 10.2. The van der Waals surface area contributed by atoms with Crippen molar-refractivity contribution in [1.29, 1.82) is 0 Å². The molecule has 0 unspecified atom stereocenters. The molecule has 0 spiro atoms. The highest BCUT2D eigenvalue weighted by Crippen LogP contribution is 2.29. The predicted molar refractivity (Wildman–Crippen MR) is 81.3 cm³/mol. The van der Waals surface area contributed by atoms with Gasteiger partial charge >= 0.3 is 0 Å². The van der Waals surface area contributed by atoms with E-state index in [1.54, 1.807) is 0 Å². The van der Waals surface area contributed by atoms with Gasteiger partial charge in [-0.3, -0.25) is 0 Å². The maximum absolute atomic E-state index is 5.90. The second-order valence-electron chi connectivity index (χ2n) is 5.74. The van der Waals surface area contributed by atoms with Crippen LogP contribution in [0.25, 0.3) is 11.0 Å². The molecule has 4 nitrogen and oxygen atoms in total. The zero-order chi connectivity index (χ0) is 13.9. The van der Waals surface area contributed by atoms with Crippen LogP contribution in [0.5, 0.6) is 5.88 Å². The van der Waals surface area contributed by atoms with E-state index in [1.165, 1.54) is 12.8 Å². The van der Waals surface area contributed by atoms with Crippen LogP contribution in [0.4, 0.5) is 5.82 Å². The van der Waals surface area contributed by atoms with Gasteiger partial charge in [-0.1, -0.05) is 26.0 Å². The van der Waals surface area contributed by atoms with E-state index >= 15 is 0 Å². The van der Waals surface area contributed by atoms with Gasteiger partial charge in [-0.2, -0.15) is 0 Å². The molecule has 0 radical (unpaired) electrons. The molecule has 0 aliphatic carbocycles. The first-order valence-electron chi connectivity index (χ1n) is 7.38. The topological polar surface area (TPSA) is 38.3 Å². The predicted octanol–water partition coefficient (Wildman–Crippen LogP) is 3.26. The van der Waals surface area contributed by atoms with Crippen molar-refractivity contribution < 1.29 is 4.74 Å². The van der Waals surface area contributed by atoms with Crippen LogP contribution in [0.2, 0.25) is 0 Å². The highest BCUT2D eigenvalue weighted by Gasteiger charge is 2.20. The maximum Gasteiger partial charge on any atom is 0.258 e. The third-order valence-corrected chi connectivity index (χ3v) is 3.48. The number of hydrogen-bond donors (Lipinski definition) is 0. The Labute approximate surface area is 119 Å². The van der Waals surface area contributed by atoms with Crippen LogP contribution in [0.15, 0.2) is 24.3 Å². The van der Waals surface area contributed by atoms with Gasteiger partial charge in [0.05, 0.1) is 17.6 Å². The van der Waals surface area contributed by atoms with Crippen molar-refractivity contribution in [2.75, 3.05) is 24.6 Å². The number of anilines is 1. The minimum absolute atomic E-state index is 0.481. The van der Waals surface area contributed by atoms with E-state index in [-0.39, 0.29) is 0 Å². The summed E-state index contributed by atoms with van der Waals surface area (Å²) in [6.07, 6.45) is 2.44. The van der Waals surface area contributed by atoms with Crippen molar-refractivity contribution in [3.8, 4) is 5.88 Å². The van der Waals surface area contributed by atoms with E-state index in [2.05, 4.69) is 23.7 Å². The highest BCUT2D eigenvalue weighted by atomic mass is 16.5. The lowest BCUT2D eigenvalue weighted by molar-refractivity contribution is 0.262. The normalized spacial score (nSPS) is 15.2. The number of para-hydroxylation sites is 2. The van der Waals surface area contributed by atoms with Gasteiger partial charge < -0.3 is 9.64 Å². The Kier molecular flexibility index (Phi) is 3.72. The molecule has 1 saturated heterocycles. The van der Waals surface area contributed by atoms with Gasteiger partial charge in [0.1, 0.15) is 0 Å². The van der Waals surface area contributed by atoms with Crippen LogP contribution < -0.4 is 9.64 Å². The van der Waals surface area contributed by atoms with Gasteiger partial charge in [0.2, 0.25) is 0 Å². The van der Waals surface area contributed by atoms with Crippen LogP contribution >= 0.6 is 0 Å². The van der Waals surface area contributed by atoms with E-state index in [9.17, 15) is 0 Å². The molecule has 106 valence electrons. The molecule has 0 N–H and O–H groups in total. The Bertz CT molecular complexity index is 591. The lowest BCUT2D eigenvalue weighted by Gasteiger charge is -2.20. The second-order valence-corrected chi connectivity index (χ2v) is 5.74. The number of fused-ring (bicyclic) bond motifs is 1. The number of rotatable bonds is 4. The zero-order valence-electron chi connectivity index (χ0n) is 12.2. The van der Waals surface area contributed by atoms with Crippen molar-refractivity contribution >= 4 is 16.9 Å². The largest absolute Gasteiger partial charge is 0.475 e. The molecule has 2 heterocycles. The molecule has 1 aliphatic heterocycles. The molecule has 3 rings (SSSR count). The second kappa shape index (κ2) is 5.65. The van der Waals surface area contributed by atoms with Crippen LogP contribution in [0.1, 0.15) is 26.7 Å². The zero-order valence-corrected chi connectivity index (χ0v) is 12.2. The maximum atomic E-state index is 5.90. The minimum atomic E-state index is 0.481. The average molecular weight is 271 g/mol. The molecular formula is C16H21N3O. The van der Waals surface area contributed by atoms with E-state index in [0.29, 0.717) is 18.4 Å². The van der Waals surface area contributed by atoms with Gasteiger partial charge in [-0.25, -0.2) is 9.97 Å². The van der Waals surface area contributed by atoms with E-state index in [1.807, 2.05) is 24.3 Å². The summed E-state index contributed by atoms with van der Waals surface area (Å²) in [5, 5.41) is 0. The van der Waals surface area contributed by atoms with Gasteiger partial charge in [-0.05, 0) is 30.9 Å². The summed E-state index contributed by atoms with van der Waals surface area (Å²) >= 11 is 0. The average Bonchev–Trinajstić information content (AvgIpc) is 2.98. The first kappa shape index (κ1) is 13.2. The van der Waals surface area contributed by atoms with Gasteiger partial charge in [0.15, 0.2) is 5.82 Å². The highest BCUT2D eigenvalue weighted by molar-refractivity contribution is 5.77. The van der Waals surface area contributed by atoms with Crippen LogP contribution in [-0.4, -0.2) is 29.7 Å². The monoisotopic (exact) mass is 271 g/mol. The summed E-state index contributed by atoms with van der Waals surface area (Å²) < 4.78 is 5.90.